The standard InChI is InChI=1S/C13H12ClN3O2/c1-19-11-8-9(14)5-6-10(11)16-13(18)17-12-4-2-3-7-15-12/h2-8H,1H3,(H2,15,16,17,18). The first-order chi connectivity index (χ1) is 9.19. The van der Waals surface area contributed by atoms with Crippen LogP contribution >= 0.6 is 11.6 Å². The van der Waals surface area contributed by atoms with Crippen molar-refractivity contribution in [3.05, 3.63) is 47.6 Å². The summed E-state index contributed by atoms with van der Waals surface area (Å²) in [6.45, 7) is 0. The Morgan fingerprint density at radius 2 is 2.11 bits per heavy atom. The van der Waals surface area contributed by atoms with E-state index in [2.05, 4.69) is 15.6 Å². The largest absolute Gasteiger partial charge is 0.495 e. The molecule has 1 aromatic carbocycles. The van der Waals surface area contributed by atoms with E-state index in [9.17, 15) is 4.79 Å². The van der Waals surface area contributed by atoms with E-state index < -0.39 is 6.03 Å². The highest BCUT2D eigenvalue weighted by atomic mass is 35.5. The summed E-state index contributed by atoms with van der Waals surface area (Å²) in [6, 6.07) is 9.80. The van der Waals surface area contributed by atoms with Gasteiger partial charge in [0.15, 0.2) is 0 Å². The zero-order valence-electron chi connectivity index (χ0n) is 10.2. The van der Waals surface area contributed by atoms with Crippen LogP contribution in [0.25, 0.3) is 0 Å². The lowest BCUT2D eigenvalue weighted by atomic mass is 10.3. The summed E-state index contributed by atoms with van der Waals surface area (Å²) in [5, 5.41) is 5.80. The molecule has 0 aliphatic heterocycles. The first-order valence-corrected chi connectivity index (χ1v) is 5.89. The average molecular weight is 278 g/mol. The maximum absolute atomic E-state index is 11.8. The lowest BCUT2D eigenvalue weighted by molar-refractivity contribution is 0.262. The predicted molar refractivity (Wildman–Crippen MR) is 74.9 cm³/mol. The Labute approximate surface area is 115 Å². The number of anilines is 2. The van der Waals surface area contributed by atoms with Crippen molar-refractivity contribution < 1.29 is 9.53 Å². The van der Waals surface area contributed by atoms with E-state index in [1.54, 1.807) is 42.6 Å². The molecule has 2 aromatic rings. The van der Waals surface area contributed by atoms with Crippen LogP contribution in [0.1, 0.15) is 0 Å². The molecule has 0 saturated heterocycles. The minimum atomic E-state index is -0.403. The van der Waals surface area contributed by atoms with E-state index >= 15 is 0 Å². The predicted octanol–water partition coefficient (Wildman–Crippen LogP) is 3.39. The van der Waals surface area contributed by atoms with Crippen molar-refractivity contribution >= 4 is 29.1 Å². The number of urea groups is 1. The van der Waals surface area contributed by atoms with Gasteiger partial charge in [-0.15, -0.1) is 0 Å². The molecule has 19 heavy (non-hydrogen) atoms. The fourth-order valence-electron chi connectivity index (χ4n) is 1.47. The van der Waals surface area contributed by atoms with Crippen LogP contribution in [0.2, 0.25) is 5.02 Å². The van der Waals surface area contributed by atoms with Crippen LogP contribution in [0.5, 0.6) is 5.75 Å². The number of nitrogens with one attached hydrogen (secondary N) is 2. The molecule has 0 saturated carbocycles. The third-order valence-corrected chi connectivity index (χ3v) is 2.55. The summed E-state index contributed by atoms with van der Waals surface area (Å²) in [4.78, 5) is 15.8. The van der Waals surface area contributed by atoms with Gasteiger partial charge in [0.1, 0.15) is 11.6 Å². The monoisotopic (exact) mass is 277 g/mol. The number of hydrogen-bond acceptors (Lipinski definition) is 3. The number of ether oxygens (including phenoxy) is 1. The topological polar surface area (TPSA) is 63.2 Å². The minimum Gasteiger partial charge on any atom is -0.495 e. The van der Waals surface area contributed by atoms with Crippen molar-refractivity contribution in [1.82, 2.24) is 4.98 Å². The van der Waals surface area contributed by atoms with E-state index in [0.29, 0.717) is 22.3 Å². The summed E-state index contributed by atoms with van der Waals surface area (Å²) in [7, 11) is 1.51. The van der Waals surface area contributed by atoms with Gasteiger partial charge in [0.2, 0.25) is 0 Å². The normalized spacial score (nSPS) is 9.79. The molecule has 1 heterocycles. The molecule has 0 atom stereocenters. The number of aromatic nitrogens is 1. The van der Waals surface area contributed by atoms with E-state index in [-0.39, 0.29) is 0 Å². The third kappa shape index (κ3) is 3.59. The van der Waals surface area contributed by atoms with Gasteiger partial charge < -0.3 is 10.1 Å². The highest BCUT2D eigenvalue weighted by molar-refractivity contribution is 6.30. The van der Waals surface area contributed by atoms with Crippen molar-refractivity contribution in [3.8, 4) is 5.75 Å². The van der Waals surface area contributed by atoms with Crippen molar-refractivity contribution in [2.24, 2.45) is 0 Å². The second-order valence-electron chi connectivity index (χ2n) is 3.64. The van der Waals surface area contributed by atoms with Crippen molar-refractivity contribution in [2.75, 3.05) is 17.7 Å². The minimum absolute atomic E-state index is 0.403. The number of benzene rings is 1. The molecule has 0 aliphatic rings. The molecule has 2 rings (SSSR count). The second-order valence-corrected chi connectivity index (χ2v) is 4.08. The highest BCUT2D eigenvalue weighted by Crippen LogP contribution is 2.27. The number of carbonyl (C=O) groups is 1. The van der Waals surface area contributed by atoms with Crippen LogP contribution in [0.4, 0.5) is 16.3 Å². The Kier molecular flexibility index (Phi) is 4.20. The van der Waals surface area contributed by atoms with Gasteiger partial charge in [-0.25, -0.2) is 9.78 Å². The Bertz CT molecular complexity index is 575. The number of pyridine rings is 1. The molecule has 5 nitrogen and oxygen atoms in total. The Morgan fingerprint density at radius 1 is 1.26 bits per heavy atom. The number of rotatable bonds is 3. The van der Waals surface area contributed by atoms with Crippen molar-refractivity contribution in [1.29, 1.82) is 0 Å². The van der Waals surface area contributed by atoms with Crippen molar-refractivity contribution in [3.63, 3.8) is 0 Å². The van der Waals surface area contributed by atoms with Gasteiger partial charge in [0.25, 0.3) is 0 Å². The Hall–Kier alpha value is -2.27. The van der Waals surface area contributed by atoms with E-state index in [4.69, 9.17) is 16.3 Å². The lowest BCUT2D eigenvalue weighted by Gasteiger charge is -2.11. The fraction of sp³-hybridized carbons (Fsp3) is 0.0769. The number of amides is 2. The fourth-order valence-corrected chi connectivity index (χ4v) is 1.64. The van der Waals surface area contributed by atoms with Crippen LogP contribution < -0.4 is 15.4 Å². The zero-order chi connectivity index (χ0) is 13.7. The number of hydrogen-bond donors (Lipinski definition) is 2. The van der Waals surface area contributed by atoms with Gasteiger partial charge in [-0.1, -0.05) is 17.7 Å². The average Bonchev–Trinajstić information content (AvgIpc) is 2.42. The van der Waals surface area contributed by atoms with Crippen LogP contribution in [0.15, 0.2) is 42.6 Å². The van der Waals surface area contributed by atoms with E-state index in [1.807, 2.05) is 0 Å². The van der Waals surface area contributed by atoms with Crippen LogP contribution in [-0.2, 0) is 0 Å². The molecular weight excluding hydrogens is 266 g/mol. The van der Waals surface area contributed by atoms with Gasteiger partial charge in [0.05, 0.1) is 12.8 Å². The smallest absolute Gasteiger partial charge is 0.324 e. The van der Waals surface area contributed by atoms with Gasteiger partial charge in [-0.05, 0) is 24.3 Å². The van der Waals surface area contributed by atoms with Crippen LogP contribution in [0.3, 0.4) is 0 Å². The highest BCUT2D eigenvalue weighted by Gasteiger charge is 2.08. The molecule has 0 bridgehead atoms. The summed E-state index contributed by atoms with van der Waals surface area (Å²) in [5.74, 6) is 0.955. The van der Waals surface area contributed by atoms with Crippen LogP contribution in [-0.4, -0.2) is 18.1 Å². The molecule has 0 aliphatic carbocycles. The molecule has 6 heteroatoms. The maximum atomic E-state index is 11.8. The molecule has 0 spiro atoms. The number of halogens is 1. The summed E-state index contributed by atoms with van der Waals surface area (Å²) < 4.78 is 5.13. The van der Waals surface area contributed by atoms with Gasteiger partial charge >= 0.3 is 6.03 Å². The number of carbonyl (C=O) groups excluding carboxylic acids is 1. The molecule has 2 amide bonds. The maximum Gasteiger partial charge on any atom is 0.324 e. The summed E-state index contributed by atoms with van der Waals surface area (Å²) >= 11 is 5.84. The molecular formula is C13H12ClN3O2. The summed E-state index contributed by atoms with van der Waals surface area (Å²) in [5.41, 5.74) is 0.528. The Balaban J connectivity index is 2.07. The third-order valence-electron chi connectivity index (χ3n) is 2.32. The molecule has 0 fully saturated rings. The quantitative estimate of drug-likeness (QED) is 0.904. The zero-order valence-corrected chi connectivity index (χ0v) is 10.9. The Morgan fingerprint density at radius 3 is 2.79 bits per heavy atom. The van der Waals surface area contributed by atoms with E-state index in [0.717, 1.165) is 0 Å². The molecule has 2 N–H and O–H groups in total. The van der Waals surface area contributed by atoms with Gasteiger partial charge in [-0.3, -0.25) is 5.32 Å². The molecule has 1 aromatic heterocycles. The molecule has 0 unspecified atom stereocenters. The lowest BCUT2D eigenvalue weighted by Crippen LogP contribution is -2.20. The van der Waals surface area contributed by atoms with Gasteiger partial charge in [0, 0.05) is 17.3 Å². The number of nitrogens with zero attached hydrogens (tertiary/aromatic N) is 1. The second kappa shape index (κ2) is 6.06. The first kappa shape index (κ1) is 13.2. The van der Waals surface area contributed by atoms with Gasteiger partial charge in [-0.2, -0.15) is 0 Å². The molecule has 98 valence electrons. The van der Waals surface area contributed by atoms with Crippen molar-refractivity contribution in [2.45, 2.75) is 0 Å². The van der Waals surface area contributed by atoms with Crippen LogP contribution in [0, 0.1) is 0 Å². The SMILES string of the molecule is COc1cc(Cl)ccc1NC(=O)Nc1ccccn1. The molecule has 0 radical (unpaired) electrons. The number of methoxy groups -OCH3 is 1. The first-order valence-electron chi connectivity index (χ1n) is 5.51. The summed E-state index contributed by atoms with van der Waals surface area (Å²) in [6.07, 6.45) is 1.60. The van der Waals surface area contributed by atoms with E-state index in [1.165, 1.54) is 7.11 Å².